The fraction of sp³-hybridized carbons (Fsp3) is 0. The number of fused-ring (bicyclic) bond motifs is 1. The average Bonchev–Trinajstić information content (AvgIpc) is 2.63. The number of ether oxygens (including phenoxy) is 1. The topological polar surface area (TPSA) is 35.0 Å². The van der Waals surface area contributed by atoms with Crippen LogP contribution in [0.15, 0.2) is 85.2 Å². The van der Waals surface area contributed by atoms with Crippen LogP contribution in [0.2, 0.25) is 0 Å². The summed E-state index contributed by atoms with van der Waals surface area (Å²) in [5, 5.41) is 1.01. The molecule has 0 N–H and O–H groups in total. The van der Waals surface area contributed by atoms with Gasteiger partial charge >= 0.3 is 0 Å². The molecule has 0 spiro atoms. The minimum atomic E-state index is 0.564. The zero-order valence-electron chi connectivity index (χ0n) is 12.4. The van der Waals surface area contributed by atoms with Gasteiger partial charge in [-0.3, -0.25) is 4.98 Å². The van der Waals surface area contributed by atoms with Crippen molar-refractivity contribution in [3.05, 3.63) is 85.2 Å². The molecule has 0 radical (unpaired) electrons. The summed E-state index contributed by atoms with van der Waals surface area (Å²) in [7, 11) is 0. The van der Waals surface area contributed by atoms with Crippen molar-refractivity contribution < 1.29 is 4.74 Å². The zero-order valence-corrected chi connectivity index (χ0v) is 12.4. The molecule has 3 nitrogen and oxygen atoms in total. The molecule has 4 aromatic rings. The minimum absolute atomic E-state index is 0.564. The molecule has 0 bridgehead atoms. The number of rotatable bonds is 3. The maximum absolute atomic E-state index is 6.03. The second-order valence-electron chi connectivity index (χ2n) is 5.18. The molecule has 23 heavy (non-hydrogen) atoms. The molecule has 0 saturated carbocycles. The summed E-state index contributed by atoms with van der Waals surface area (Å²) in [5.41, 5.74) is 3.02. The normalized spacial score (nSPS) is 10.6. The van der Waals surface area contributed by atoms with E-state index < -0.39 is 0 Å². The van der Waals surface area contributed by atoms with Gasteiger partial charge in [0.2, 0.25) is 5.88 Å². The summed E-state index contributed by atoms with van der Waals surface area (Å²) >= 11 is 0. The summed E-state index contributed by atoms with van der Waals surface area (Å²) in [6, 6.07) is 24.0. The van der Waals surface area contributed by atoms with Crippen LogP contribution in [0.3, 0.4) is 0 Å². The molecule has 3 heteroatoms. The van der Waals surface area contributed by atoms with E-state index in [1.165, 1.54) is 0 Å². The number of hydrogen-bond donors (Lipinski definition) is 0. The Kier molecular flexibility index (Phi) is 3.45. The first-order valence-corrected chi connectivity index (χ1v) is 7.43. The lowest BCUT2D eigenvalue weighted by atomic mass is 10.1. The van der Waals surface area contributed by atoms with Gasteiger partial charge in [0.1, 0.15) is 5.75 Å². The lowest BCUT2D eigenvalue weighted by molar-refractivity contribution is 0.465. The third-order valence-electron chi connectivity index (χ3n) is 3.65. The van der Waals surface area contributed by atoms with Crippen molar-refractivity contribution in [3.63, 3.8) is 0 Å². The first-order valence-electron chi connectivity index (χ1n) is 7.43. The Morgan fingerprint density at radius 1 is 0.739 bits per heavy atom. The van der Waals surface area contributed by atoms with E-state index in [-0.39, 0.29) is 0 Å². The lowest BCUT2D eigenvalue weighted by Crippen LogP contribution is -1.91. The Morgan fingerprint density at radius 3 is 2.48 bits per heavy atom. The van der Waals surface area contributed by atoms with Crippen molar-refractivity contribution in [2.45, 2.75) is 0 Å². The highest BCUT2D eigenvalue weighted by molar-refractivity contribution is 5.78. The van der Waals surface area contributed by atoms with Crippen LogP contribution < -0.4 is 4.74 Å². The van der Waals surface area contributed by atoms with Crippen LogP contribution in [0.25, 0.3) is 22.0 Å². The van der Waals surface area contributed by atoms with Gasteiger partial charge in [0.05, 0.1) is 11.7 Å². The van der Waals surface area contributed by atoms with Crippen LogP contribution in [0.4, 0.5) is 0 Å². The molecule has 2 heterocycles. The smallest absolute Gasteiger partial charge is 0.219 e. The highest BCUT2D eigenvalue weighted by Crippen LogP contribution is 2.32. The van der Waals surface area contributed by atoms with Gasteiger partial charge in [0.25, 0.3) is 0 Å². The summed E-state index contributed by atoms with van der Waals surface area (Å²) in [6.45, 7) is 0. The Morgan fingerprint density at radius 2 is 1.57 bits per heavy atom. The van der Waals surface area contributed by atoms with Crippen LogP contribution >= 0.6 is 0 Å². The second-order valence-corrected chi connectivity index (χ2v) is 5.18. The second kappa shape index (κ2) is 5.89. The molecule has 0 aliphatic carbocycles. The van der Waals surface area contributed by atoms with Crippen LogP contribution in [0, 0.1) is 0 Å². The van der Waals surface area contributed by atoms with Gasteiger partial charge in [-0.25, -0.2) is 4.98 Å². The molecule has 0 amide bonds. The minimum Gasteiger partial charge on any atom is -0.438 e. The Labute approximate surface area is 134 Å². The molecule has 0 aliphatic heterocycles. The molecular weight excluding hydrogens is 284 g/mol. The molecule has 0 atom stereocenters. The van der Waals surface area contributed by atoms with E-state index >= 15 is 0 Å². The van der Waals surface area contributed by atoms with Gasteiger partial charge in [0.15, 0.2) is 0 Å². The standard InChI is InChI=1S/C20H14N2O/c1-2-7-15(8-3-1)17-10-4-5-11-19(17)23-20-13-16-9-6-12-21-18(16)14-22-20/h1-14H. The van der Waals surface area contributed by atoms with Crippen molar-refractivity contribution >= 4 is 10.9 Å². The number of hydrogen-bond acceptors (Lipinski definition) is 3. The summed E-state index contributed by atoms with van der Waals surface area (Å²) < 4.78 is 6.03. The maximum Gasteiger partial charge on any atom is 0.219 e. The van der Waals surface area contributed by atoms with Crippen LogP contribution in [-0.2, 0) is 0 Å². The average molecular weight is 298 g/mol. The number of para-hydroxylation sites is 1. The summed E-state index contributed by atoms with van der Waals surface area (Å²) in [5.74, 6) is 1.35. The van der Waals surface area contributed by atoms with Gasteiger partial charge in [-0.1, -0.05) is 54.6 Å². The summed E-state index contributed by atoms with van der Waals surface area (Å²) in [6.07, 6.45) is 3.49. The van der Waals surface area contributed by atoms with E-state index in [9.17, 15) is 0 Å². The number of pyridine rings is 2. The Balaban J connectivity index is 1.73. The van der Waals surface area contributed by atoms with E-state index in [0.29, 0.717) is 5.88 Å². The third-order valence-corrected chi connectivity index (χ3v) is 3.65. The molecule has 2 aromatic heterocycles. The fourth-order valence-electron chi connectivity index (χ4n) is 2.54. The molecule has 0 aliphatic rings. The molecular formula is C20H14N2O. The highest BCUT2D eigenvalue weighted by atomic mass is 16.5. The predicted octanol–water partition coefficient (Wildman–Crippen LogP) is 5.09. The van der Waals surface area contributed by atoms with Gasteiger partial charge in [0, 0.05) is 23.2 Å². The Hall–Kier alpha value is -3.20. The van der Waals surface area contributed by atoms with Gasteiger partial charge in [-0.05, 0) is 17.7 Å². The SMILES string of the molecule is c1ccc(-c2ccccc2Oc2cc3cccnc3cn2)cc1. The monoisotopic (exact) mass is 298 g/mol. The highest BCUT2D eigenvalue weighted by Gasteiger charge is 2.08. The molecule has 4 rings (SSSR count). The van der Waals surface area contributed by atoms with Crippen molar-refractivity contribution in [3.8, 4) is 22.8 Å². The number of benzene rings is 2. The van der Waals surface area contributed by atoms with Gasteiger partial charge < -0.3 is 4.74 Å². The van der Waals surface area contributed by atoms with E-state index in [0.717, 1.165) is 27.8 Å². The van der Waals surface area contributed by atoms with Gasteiger partial charge in [-0.15, -0.1) is 0 Å². The van der Waals surface area contributed by atoms with Gasteiger partial charge in [-0.2, -0.15) is 0 Å². The van der Waals surface area contributed by atoms with E-state index in [4.69, 9.17) is 4.74 Å². The Bertz CT molecular complexity index is 952. The predicted molar refractivity (Wildman–Crippen MR) is 91.5 cm³/mol. The number of nitrogens with zero attached hydrogens (tertiary/aromatic N) is 2. The van der Waals surface area contributed by atoms with Crippen LogP contribution in [-0.4, -0.2) is 9.97 Å². The quantitative estimate of drug-likeness (QED) is 0.528. The first-order chi connectivity index (χ1) is 11.4. The first kappa shape index (κ1) is 13.5. The molecule has 2 aromatic carbocycles. The van der Waals surface area contributed by atoms with Crippen molar-refractivity contribution in [1.29, 1.82) is 0 Å². The molecule has 0 saturated heterocycles. The van der Waals surface area contributed by atoms with Crippen molar-refractivity contribution in [1.82, 2.24) is 9.97 Å². The molecule has 0 unspecified atom stereocenters. The van der Waals surface area contributed by atoms with E-state index in [1.54, 1.807) is 12.4 Å². The van der Waals surface area contributed by atoms with Crippen LogP contribution in [0.1, 0.15) is 0 Å². The largest absolute Gasteiger partial charge is 0.438 e. The van der Waals surface area contributed by atoms with Crippen molar-refractivity contribution in [2.75, 3.05) is 0 Å². The molecule has 0 fully saturated rings. The summed E-state index contributed by atoms with van der Waals surface area (Å²) in [4.78, 5) is 8.63. The van der Waals surface area contributed by atoms with Crippen LogP contribution in [0.5, 0.6) is 11.6 Å². The van der Waals surface area contributed by atoms with E-state index in [1.807, 2.05) is 60.7 Å². The number of aromatic nitrogens is 2. The van der Waals surface area contributed by atoms with Crippen molar-refractivity contribution in [2.24, 2.45) is 0 Å². The fourth-order valence-corrected chi connectivity index (χ4v) is 2.54. The third kappa shape index (κ3) is 2.77. The molecule has 110 valence electrons. The lowest BCUT2D eigenvalue weighted by Gasteiger charge is -2.11. The zero-order chi connectivity index (χ0) is 15.5. The van der Waals surface area contributed by atoms with E-state index in [2.05, 4.69) is 22.1 Å². The maximum atomic E-state index is 6.03.